The van der Waals surface area contributed by atoms with Gasteiger partial charge in [0.2, 0.25) is 11.7 Å². The maximum Gasteiger partial charge on any atom is 0.323 e. The second-order valence-corrected chi connectivity index (χ2v) is 14.7. The number of carbonyl (C=O) groups is 3. The number of allylic oxidation sites excluding steroid dienone is 1. The number of carbonyl (C=O) groups excluding carboxylic acids is 3. The average Bonchev–Trinajstić information content (AvgIpc) is 3.72. The number of ether oxygens (including phenoxy) is 1. The van der Waals surface area contributed by atoms with Crippen LogP contribution in [0.4, 0.5) is 21.9 Å². The Labute approximate surface area is 277 Å². The number of anilines is 3. The fraction of sp³-hybridized carbons (Fsp3) is 0.324. The number of aromatic nitrogens is 3. The molecule has 3 aliphatic heterocycles. The highest BCUT2D eigenvalue weighted by Gasteiger charge is 2.36. The number of aryl methyl sites for hydroxylation is 1. The summed E-state index contributed by atoms with van der Waals surface area (Å²) in [7, 11) is 0.535. The van der Waals surface area contributed by atoms with E-state index in [9.17, 15) is 22.8 Å². The van der Waals surface area contributed by atoms with Gasteiger partial charge in [0, 0.05) is 80.1 Å². The zero-order valence-electron chi connectivity index (χ0n) is 26.5. The van der Waals surface area contributed by atoms with Crippen LogP contribution in [0.2, 0.25) is 0 Å². The number of urea groups is 1. The van der Waals surface area contributed by atoms with Crippen LogP contribution in [0, 0.1) is 5.92 Å². The standard InChI is InChI=1S/C34H35N7O6S/c1-39-19-22(16-29-31(42)26-17-23(5-6-28(26)47-29)37-34(44)38-24-4-3-11-35-18-24)30-27(7-12-36-32(30)39)41-13-8-21(9-14-41)33(43)40(2)25-10-15-48(45,46)20-25/h3-7,11-12,16-19,21,25H,8-10,13-15,20H2,1-2H3,(H2,37,38,44). The highest BCUT2D eigenvalue weighted by atomic mass is 32.2. The largest absolute Gasteiger partial charge is 0.452 e. The number of piperidine rings is 1. The molecule has 14 heteroatoms. The van der Waals surface area contributed by atoms with Crippen LogP contribution in [0.5, 0.6) is 5.75 Å². The number of Topliss-reactive ketones (excluding diaryl/α,β-unsaturated/α-hetero) is 1. The summed E-state index contributed by atoms with van der Waals surface area (Å²) < 4.78 is 31.8. The number of nitrogens with zero attached hydrogens (tertiary/aromatic N) is 5. The average molecular weight is 670 g/mol. The molecule has 2 fully saturated rings. The van der Waals surface area contributed by atoms with Gasteiger partial charge in [0.1, 0.15) is 11.4 Å². The molecule has 1 aromatic carbocycles. The Morgan fingerprint density at radius 1 is 1.06 bits per heavy atom. The van der Waals surface area contributed by atoms with Crippen molar-refractivity contribution in [3.63, 3.8) is 0 Å². The SMILES string of the molecule is CN(C(=O)C1CCN(c2ccnc3c2c(C=C2Oc4ccc(NC(=O)Nc5cccnc5)cc4C2=O)cn3C)CC1)C1CCS(=O)(=O)C1. The van der Waals surface area contributed by atoms with Crippen molar-refractivity contribution in [3.05, 3.63) is 78.1 Å². The Hall–Kier alpha value is -5.24. The van der Waals surface area contributed by atoms with Crippen LogP contribution in [-0.2, 0) is 21.7 Å². The van der Waals surface area contributed by atoms with Crippen LogP contribution in [0.15, 0.2) is 66.9 Å². The molecule has 4 aromatic rings. The summed E-state index contributed by atoms with van der Waals surface area (Å²) in [6.45, 7) is 1.28. The van der Waals surface area contributed by atoms with E-state index in [1.54, 1.807) is 60.7 Å². The summed E-state index contributed by atoms with van der Waals surface area (Å²) in [6.07, 6.45) is 10.3. The monoisotopic (exact) mass is 669 g/mol. The minimum absolute atomic E-state index is 0.00528. The first-order chi connectivity index (χ1) is 23.1. The third-order valence-corrected chi connectivity index (χ3v) is 11.0. The Balaban J connectivity index is 1.07. The lowest BCUT2D eigenvalue weighted by Crippen LogP contribution is -2.45. The molecule has 1 unspecified atom stereocenters. The molecule has 1 atom stereocenters. The maximum absolute atomic E-state index is 13.5. The van der Waals surface area contributed by atoms with Crippen molar-refractivity contribution >= 4 is 61.7 Å². The Morgan fingerprint density at radius 3 is 2.58 bits per heavy atom. The van der Waals surface area contributed by atoms with Crippen LogP contribution in [0.3, 0.4) is 0 Å². The third kappa shape index (κ3) is 6.10. The van der Waals surface area contributed by atoms with Crippen molar-refractivity contribution < 1.29 is 27.5 Å². The summed E-state index contributed by atoms with van der Waals surface area (Å²) in [4.78, 5) is 51.8. The molecule has 3 aliphatic rings. The molecule has 0 saturated carbocycles. The lowest BCUT2D eigenvalue weighted by molar-refractivity contribution is -0.136. The quantitative estimate of drug-likeness (QED) is 0.289. The Bertz CT molecular complexity index is 2070. The molecule has 0 spiro atoms. The van der Waals surface area contributed by atoms with Crippen molar-refractivity contribution in [2.75, 3.05) is 47.2 Å². The molecule has 48 heavy (non-hydrogen) atoms. The fourth-order valence-corrected chi connectivity index (χ4v) is 8.52. The maximum atomic E-state index is 13.5. The number of hydrogen-bond acceptors (Lipinski definition) is 9. The number of rotatable bonds is 6. The fourth-order valence-electron chi connectivity index (χ4n) is 6.75. The number of fused-ring (bicyclic) bond motifs is 2. The zero-order valence-corrected chi connectivity index (χ0v) is 27.4. The van der Waals surface area contributed by atoms with Crippen LogP contribution in [0.25, 0.3) is 17.1 Å². The minimum Gasteiger partial charge on any atom is -0.452 e. The van der Waals surface area contributed by atoms with Gasteiger partial charge in [0.05, 0.1) is 29.0 Å². The molecule has 7 rings (SSSR count). The second kappa shape index (κ2) is 12.4. The summed E-state index contributed by atoms with van der Waals surface area (Å²) in [6, 6.07) is 9.56. The molecule has 6 heterocycles. The van der Waals surface area contributed by atoms with Crippen molar-refractivity contribution in [1.82, 2.24) is 19.4 Å². The van der Waals surface area contributed by atoms with Gasteiger partial charge in [-0.2, -0.15) is 0 Å². The van der Waals surface area contributed by atoms with Gasteiger partial charge < -0.3 is 29.7 Å². The van der Waals surface area contributed by atoms with Crippen molar-refractivity contribution in [2.24, 2.45) is 13.0 Å². The van der Waals surface area contributed by atoms with E-state index in [1.165, 1.54) is 6.20 Å². The molecule has 2 saturated heterocycles. The van der Waals surface area contributed by atoms with Crippen molar-refractivity contribution in [3.8, 4) is 5.75 Å². The van der Waals surface area contributed by atoms with Crippen LogP contribution < -0.4 is 20.3 Å². The lowest BCUT2D eigenvalue weighted by atomic mass is 9.94. The number of nitrogens with one attached hydrogen (secondary N) is 2. The molecule has 3 amide bonds. The summed E-state index contributed by atoms with van der Waals surface area (Å²) in [5, 5.41) is 6.31. The minimum atomic E-state index is -3.08. The van der Waals surface area contributed by atoms with E-state index in [0.29, 0.717) is 55.0 Å². The van der Waals surface area contributed by atoms with E-state index in [-0.39, 0.29) is 40.9 Å². The van der Waals surface area contributed by atoms with Gasteiger partial charge in [-0.05, 0) is 61.7 Å². The number of benzene rings is 1. The lowest BCUT2D eigenvalue weighted by Gasteiger charge is -2.36. The smallest absolute Gasteiger partial charge is 0.323 e. The Kier molecular flexibility index (Phi) is 8.11. The van der Waals surface area contributed by atoms with Crippen LogP contribution in [0.1, 0.15) is 35.2 Å². The number of pyridine rings is 2. The van der Waals surface area contributed by atoms with E-state index in [1.807, 2.05) is 23.9 Å². The first-order valence-corrected chi connectivity index (χ1v) is 17.6. The molecule has 248 valence electrons. The molecular weight excluding hydrogens is 634 g/mol. The van der Waals surface area contributed by atoms with E-state index >= 15 is 0 Å². The second-order valence-electron chi connectivity index (χ2n) is 12.5. The summed E-state index contributed by atoms with van der Waals surface area (Å²) in [5.74, 6) is 0.255. The van der Waals surface area contributed by atoms with Crippen LogP contribution >= 0.6 is 0 Å². The van der Waals surface area contributed by atoms with Crippen LogP contribution in [-0.4, -0.2) is 83.3 Å². The van der Waals surface area contributed by atoms with Gasteiger partial charge in [-0.3, -0.25) is 14.6 Å². The van der Waals surface area contributed by atoms with Gasteiger partial charge in [0.25, 0.3) is 0 Å². The number of sulfone groups is 1. The molecule has 13 nitrogen and oxygen atoms in total. The highest BCUT2D eigenvalue weighted by Crippen LogP contribution is 2.38. The van der Waals surface area contributed by atoms with Gasteiger partial charge in [-0.25, -0.2) is 18.2 Å². The van der Waals surface area contributed by atoms with Gasteiger partial charge in [-0.15, -0.1) is 0 Å². The van der Waals surface area contributed by atoms with E-state index in [4.69, 9.17) is 4.74 Å². The summed E-state index contributed by atoms with van der Waals surface area (Å²) in [5.41, 5.74) is 3.77. The van der Waals surface area contributed by atoms with E-state index < -0.39 is 15.9 Å². The third-order valence-electron chi connectivity index (χ3n) is 9.28. The summed E-state index contributed by atoms with van der Waals surface area (Å²) >= 11 is 0. The van der Waals surface area contributed by atoms with Crippen molar-refractivity contribution in [2.45, 2.75) is 25.3 Å². The predicted octanol–water partition coefficient (Wildman–Crippen LogP) is 4.09. The normalized spacial score (nSPS) is 19.7. The highest BCUT2D eigenvalue weighted by molar-refractivity contribution is 7.91. The number of ketones is 1. The molecular formula is C34H35N7O6S. The van der Waals surface area contributed by atoms with Gasteiger partial charge >= 0.3 is 6.03 Å². The molecule has 2 N–H and O–H groups in total. The van der Waals surface area contributed by atoms with Gasteiger partial charge in [-0.1, -0.05) is 0 Å². The topological polar surface area (TPSA) is 156 Å². The molecule has 3 aromatic heterocycles. The first-order valence-electron chi connectivity index (χ1n) is 15.8. The Morgan fingerprint density at radius 2 is 1.85 bits per heavy atom. The van der Waals surface area contributed by atoms with Gasteiger partial charge in [0.15, 0.2) is 15.6 Å². The van der Waals surface area contributed by atoms with E-state index in [0.717, 1.165) is 22.3 Å². The molecule has 0 aliphatic carbocycles. The zero-order chi connectivity index (χ0) is 33.6. The van der Waals surface area contributed by atoms with E-state index in [2.05, 4.69) is 25.5 Å². The number of amides is 3. The predicted molar refractivity (Wildman–Crippen MR) is 182 cm³/mol. The van der Waals surface area contributed by atoms with Crippen molar-refractivity contribution in [1.29, 1.82) is 0 Å². The molecule has 0 bridgehead atoms. The number of hydrogen-bond donors (Lipinski definition) is 2. The molecule has 0 radical (unpaired) electrons. The first kappa shape index (κ1) is 31.4.